The Labute approximate surface area is 115 Å². The fraction of sp³-hybridized carbons (Fsp3) is 0.667. The van der Waals surface area contributed by atoms with Crippen molar-refractivity contribution in [1.82, 2.24) is 14.5 Å². The number of nitrogens with two attached hydrogens (primary N) is 1. The Morgan fingerprint density at radius 3 is 2.68 bits per heavy atom. The van der Waals surface area contributed by atoms with Crippen LogP contribution in [0.15, 0.2) is 4.34 Å². The molecule has 1 aromatic heterocycles. The van der Waals surface area contributed by atoms with Gasteiger partial charge in [0.1, 0.15) is 0 Å². The van der Waals surface area contributed by atoms with Crippen LogP contribution in [-0.2, 0) is 14.8 Å². The van der Waals surface area contributed by atoms with Gasteiger partial charge >= 0.3 is 0 Å². The summed E-state index contributed by atoms with van der Waals surface area (Å²) < 4.78 is 25.8. The van der Waals surface area contributed by atoms with E-state index in [0.717, 1.165) is 11.3 Å². The molecule has 8 nitrogen and oxygen atoms in total. The first-order chi connectivity index (χ1) is 8.80. The number of nitrogens with zero attached hydrogens (tertiary/aromatic N) is 3. The number of hydrogen-bond donors (Lipinski definition) is 2. The molecule has 1 saturated heterocycles. The second kappa shape index (κ2) is 5.12. The molecule has 0 radical (unpaired) electrons. The van der Waals surface area contributed by atoms with Crippen molar-refractivity contribution in [3.8, 4) is 0 Å². The topological polar surface area (TPSA) is 118 Å². The summed E-state index contributed by atoms with van der Waals surface area (Å²) in [4.78, 5) is 10.9. The zero-order chi connectivity index (χ0) is 14.2. The summed E-state index contributed by atoms with van der Waals surface area (Å²) in [6.45, 7) is 3.87. The molecule has 10 heteroatoms. The lowest BCUT2D eigenvalue weighted by atomic mass is 10.1. The van der Waals surface area contributed by atoms with E-state index in [4.69, 9.17) is 5.73 Å². The number of carbonyl (C=O) groups excluding carboxylic acids is 1. The molecule has 1 fully saturated rings. The van der Waals surface area contributed by atoms with E-state index < -0.39 is 10.0 Å². The normalized spacial score (nSPS) is 24.6. The van der Waals surface area contributed by atoms with Gasteiger partial charge in [-0.15, -0.1) is 10.2 Å². The Balaban J connectivity index is 2.20. The molecule has 0 aromatic carbocycles. The van der Waals surface area contributed by atoms with E-state index in [2.05, 4.69) is 15.5 Å². The average Bonchev–Trinajstić information content (AvgIpc) is 2.87. The molecular weight excluding hydrogens is 290 g/mol. The lowest BCUT2D eigenvalue weighted by Crippen LogP contribution is -2.32. The van der Waals surface area contributed by atoms with Gasteiger partial charge in [-0.05, 0) is 5.92 Å². The molecule has 1 aliphatic heterocycles. The zero-order valence-corrected chi connectivity index (χ0v) is 12.2. The van der Waals surface area contributed by atoms with Crippen molar-refractivity contribution >= 4 is 32.4 Å². The van der Waals surface area contributed by atoms with Crippen LogP contribution in [0.3, 0.4) is 0 Å². The second-order valence-electron chi connectivity index (χ2n) is 4.52. The predicted molar refractivity (Wildman–Crippen MR) is 70.1 cm³/mol. The van der Waals surface area contributed by atoms with Gasteiger partial charge in [0, 0.05) is 26.1 Å². The lowest BCUT2D eigenvalue weighted by molar-refractivity contribution is -0.114. The number of sulfonamides is 1. The molecule has 1 aromatic rings. The Kier molecular flexibility index (Phi) is 3.85. The third-order valence-corrected chi connectivity index (χ3v) is 5.90. The molecule has 106 valence electrons. The van der Waals surface area contributed by atoms with Crippen molar-refractivity contribution in [3.05, 3.63) is 0 Å². The number of amides is 1. The molecule has 0 saturated carbocycles. The van der Waals surface area contributed by atoms with Gasteiger partial charge in [-0.25, -0.2) is 8.42 Å². The van der Waals surface area contributed by atoms with Crippen LogP contribution in [0.4, 0.5) is 5.13 Å². The van der Waals surface area contributed by atoms with Crippen LogP contribution >= 0.6 is 11.3 Å². The molecule has 2 unspecified atom stereocenters. The van der Waals surface area contributed by atoms with Crippen molar-refractivity contribution in [2.45, 2.75) is 24.2 Å². The van der Waals surface area contributed by atoms with Gasteiger partial charge in [-0.1, -0.05) is 18.3 Å². The smallest absolute Gasteiger partial charge is 0.272 e. The van der Waals surface area contributed by atoms with Crippen LogP contribution in [0.2, 0.25) is 0 Å². The quantitative estimate of drug-likeness (QED) is 0.724. The highest BCUT2D eigenvalue weighted by molar-refractivity contribution is 7.91. The minimum atomic E-state index is -3.67. The van der Waals surface area contributed by atoms with Crippen molar-refractivity contribution in [3.63, 3.8) is 0 Å². The maximum Gasteiger partial charge on any atom is 0.272 e. The minimum absolute atomic E-state index is 0.109. The number of nitrogens with one attached hydrogen (secondary N) is 1. The molecular formula is C9H15N5O3S2. The molecule has 2 rings (SSSR count). The van der Waals surface area contributed by atoms with Gasteiger partial charge in [0.2, 0.25) is 15.4 Å². The van der Waals surface area contributed by atoms with Crippen LogP contribution in [0.25, 0.3) is 0 Å². The standard InChI is InChI=1S/C9H15N5O3S2/c1-5-3-14(4-7(5)10)19(16,17)9-13-12-8(18-9)11-6(2)15/h5,7H,3-4,10H2,1-2H3,(H,11,12,15). The second-order valence-corrected chi connectivity index (χ2v) is 7.61. The van der Waals surface area contributed by atoms with Crippen LogP contribution in [0.5, 0.6) is 0 Å². The van der Waals surface area contributed by atoms with E-state index in [1.165, 1.54) is 11.2 Å². The number of anilines is 1. The number of aromatic nitrogens is 2. The zero-order valence-electron chi connectivity index (χ0n) is 10.5. The third-order valence-electron chi connectivity index (χ3n) is 2.89. The summed E-state index contributed by atoms with van der Waals surface area (Å²) in [5.41, 5.74) is 5.82. The van der Waals surface area contributed by atoms with Gasteiger partial charge in [0.05, 0.1) is 0 Å². The summed E-state index contributed by atoms with van der Waals surface area (Å²) in [7, 11) is -3.67. The van der Waals surface area contributed by atoms with E-state index in [0.29, 0.717) is 6.54 Å². The van der Waals surface area contributed by atoms with Gasteiger partial charge in [-0.3, -0.25) is 4.79 Å². The van der Waals surface area contributed by atoms with E-state index in [1.807, 2.05) is 6.92 Å². The molecule has 2 heterocycles. The fourth-order valence-corrected chi connectivity index (χ4v) is 4.43. The Hall–Kier alpha value is -1.10. The van der Waals surface area contributed by atoms with E-state index in [-0.39, 0.29) is 33.9 Å². The maximum atomic E-state index is 12.3. The SMILES string of the molecule is CC(=O)Nc1nnc(S(=O)(=O)N2CC(C)C(N)C2)s1. The first-order valence-corrected chi connectivity index (χ1v) is 7.93. The van der Waals surface area contributed by atoms with E-state index in [1.54, 1.807) is 0 Å². The summed E-state index contributed by atoms with van der Waals surface area (Å²) in [5.74, 6) is -0.213. The summed E-state index contributed by atoms with van der Waals surface area (Å²) in [6.07, 6.45) is 0. The molecule has 0 aliphatic carbocycles. The maximum absolute atomic E-state index is 12.3. The predicted octanol–water partition coefficient (Wildman–Crippen LogP) is -0.536. The summed E-state index contributed by atoms with van der Waals surface area (Å²) in [6, 6.07) is -0.169. The molecule has 1 amide bonds. The average molecular weight is 305 g/mol. The molecule has 2 atom stereocenters. The van der Waals surface area contributed by atoms with Crippen LogP contribution < -0.4 is 11.1 Å². The van der Waals surface area contributed by atoms with E-state index in [9.17, 15) is 13.2 Å². The molecule has 1 aliphatic rings. The van der Waals surface area contributed by atoms with Crippen LogP contribution in [0, 0.1) is 5.92 Å². The minimum Gasteiger partial charge on any atom is -0.326 e. The largest absolute Gasteiger partial charge is 0.326 e. The lowest BCUT2D eigenvalue weighted by Gasteiger charge is -2.12. The van der Waals surface area contributed by atoms with Crippen molar-refractivity contribution in [1.29, 1.82) is 0 Å². The Bertz CT molecular complexity index is 574. The van der Waals surface area contributed by atoms with Gasteiger partial charge < -0.3 is 11.1 Å². The van der Waals surface area contributed by atoms with Gasteiger partial charge in [0.15, 0.2) is 0 Å². The monoisotopic (exact) mass is 305 g/mol. The van der Waals surface area contributed by atoms with Crippen molar-refractivity contribution in [2.24, 2.45) is 11.7 Å². The molecule has 0 bridgehead atoms. The van der Waals surface area contributed by atoms with Crippen molar-refractivity contribution < 1.29 is 13.2 Å². The molecule has 3 N–H and O–H groups in total. The van der Waals surface area contributed by atoms with Gasteiger partial charge in [-0.2, -0.15) is 4.31 Å². The number of hydrogen-bond acceptors (Lipinski definition) is 7. The first kappa shape index (κ1) is 14.3. The highest BCUT2D eigenvalue weighted by Crippen LogP contribution is 2.27. The van der Waals surface area contributed by atoms with Gasteiger partial charge in [0.25, 0.3) is 10.0 Å². The summed E-state index contributed by atoms with van der Waals surface area (Å²) >= 11 is 0.833. The van der Waals surface area contributed by atoms with Crippen molar-refractivity contribution in [2.75, 3.05) is 18.4 Å². The highest BCUT2D eigenvalue weighted by atomic mass is 32.2. The number of carbonyl (C=O) groups is 1. The third kappa shape index (κ3) is 2.91. The highest BCUT2D eigenvalue weighted by Gasteiger charge is 2.37. The van der Waals surface area contributed by atoms with Crippen LogP contribution in [0.1, 0.15) is 13.8 Å². The Morgan fingerprint density at radius 2 is 2.16 bits per heavy atom. The van der Waals surface area contributed by atoms with E-state index >= 15 is 0 Å². The fourth-order valence-electron chi connectivity index (χ4n) is 1.77. The number of rotatable bonds is 3. The molecule has 19 heavy (non-hydrogen) atoms. The van der Waals surface area contributed by atoms with Crippen LogP contribution in [-0.4, -0.2) is 48.0 Å². The summed E-state index contributed by atoms with van der Waals surface area (Å²) in [5, 5.41) is 9.82. The Morgan fingerprint density at radius 1 is 1.47 bits per heavy atom. The first-order valence-electron chi connectivity index (χ1n) is 5.67. The molecule has 0 spiro atoms.